The lowest BCUT2D eigenvalue weighted by molar-refractivity contribution is 0.0752. The maximum atomic E-state index is 11.5. The van der Waals surface area contributed by atoms with E-state index in [1.54, 1.807) is 26.0 Å². The number of aliphatic hydroxyl groups is 1. The normalized spacial score (nSPS) is 12.6. The largest absolute Gasteiger partial charge is 0.495 e. The van der Waals surface area contributed by atoms with Crippen LogP contribution in [-0.2, 0) is 15.4 Å². The Bertz CT molecular complexity index is 483. The van der Waals surface area contributed by atoms with Crippen molar-refractivity contribution in [3.8, 4) is 5.75 Å². The molecule has 0 atom stereocenters. The van der Waals surface area contributed by atoms with Crippen LogP contribution in [0.3, 0.4) is 0 Å². The number of rotatable bonds is 3. The van der Waals surface area contributed by atoms with Crippen molar-refractivity contribution in [2.45, 2.75) is 24.3 Å². The van der Waals surface area contributed by atoms with Crippen LogP contribution in [0.15, 0.2) is 23.1 Å². The molecule has 1 aromatic rings. The van der Waals surface area contributed by atoms with Crippen LogP contribution in [0.2, 0.25) is 0 Å². The zero-order valence-corrected chi connectivity index (χ0v) is 10.6. The van der Waals surface area contributed by atoms with E-state index in [2.05, 4.69) is 0 Å². The first-order chi connectivity index (χ1) is 7.18. The highest BCUT2D eigenvalue weighted by atomic mass is 32.2. The molecule has 0 aliphatic rings. The first-order valence-electron chi connectivity index (χ1n) is 4.78. The number of para-hydroxylation sites is 1. The zero-order chi connectivity index (χ0) is 12.6. The molecule has 0 spiro atoms. The first-order valence-corrected chi connectivity index (χ1v) is 6.67. The summed E-state index contributed by atoms with van der Waals surface area (Å²) in [6.07, 6.45) is 1.11. The molecule has 0 saturated heterocycles. The number of hydrogen-bond acceptors (Lipinski definition) is 4. The summed E-state index contributed by atoms with van der Waals surface area (Å²) in [5.74, 6) is 0.206. The van der Waals surface area contributed by atoms with Crippen molar-refractivity contribution in [2.75, 3.05) is 13.4 Å². The lowest BCUT2D eigenvalue weighted by atomic mass is 9.97. The minimum absolute atomic E-state index is 0.0922. The van der Waals surface area contributed by atoms with Gasteiger partial charge in [0.05, 0.1) is 12.7 Å². The molecule has 0 aromatic heterocycles. The third-order valence-corrected chi connectivity index (χ3v) is 3.36. The smallest absolute Gasteiger partial charge is 0.179 e. The maximum absolute atomic E-state index is 11.5. The third kappa shape index (κ3) is 2.54. The molecule has 0 fully saturated rings. The van der Waals surface area contributed by atoms with Crippen LogP contribution in [0.25, 0.3) is 0 Å². The molecule has 1 aromatic carbocycles. The second-order valence-corrected chi connectivity index (χ2v) is 6.15. The van der Waals surface area contributed by atoms with Crippen LogP contribution in [0.4, 0.5) is 0 Å². The van der Waals surface area contributed by atoms with Gasteiger partial charge in [-0.2, -0.15) is 0 Å². The van der Waals surface area contributed by atoms with Gasteiger partial charge < -0.3 is 9.84 Å². The molecule has 4 nitrogen and oxygen atoms in total. The monoisotopic (exact) mass is 244 g/mol. The minimum Gasteiger partial charge on any atom is -0.495 e. The summed E-state index contributed by atoms with van der Waals surface area (Å²) in [6.45, 7) is 3.16. The number of sulfone groups is 1. The number of hydrogen-bond donors (Lipinski definition) is 1. The van der Waals surface area contributed by atoms with Crippen molar-refractivity contribution in [1.29, 1.82) is 0 Å². The average Bonchev–Trinajstić information content (AvgIpc) is 2.13. The minimum atomic E-state index is -3.36. The quantitative estimate of drug-likeness (QED) is 0.871. The highest BCUT2D eigenvalue weighted by molar-refractivity contribution is 7.90. The summed E-state index contributed by atoms with van der Waals surface area (Å²) in [6, 6.07) is 4.70. The van der Waals surface area contributed by atoms with Crippen LogP contribution in [0, 0.1) is 0 Å². The molecule has 0 aliphatic carbocycles. The van der Waals surface area contributed by atoms with Gasteiger partial charge in [0.25, 0.3) is 0 Å². The Kier molecular flexibility index (Phi) is 3.30. The van der Waals surface area contributed by atoms with E-state index in [1.165, 1.54) is 13.2 Å². The predicted molar refractivity (Wildman–Crippen MR) is 61.3 cm³/mol. The molecule has 5 heteroatoms. The Morgan fingerprint density at radius 2 is 1.88 bits per heavy atom. The average molecular weight is 244 g/mol. The van der Waals surface area contributed by atoms with Gasteiger partial charge in [-0.25, -0.2) is 8.42 Å². The van der Waals surface area contributed by atoms with Gasteiger partial charge in [-0.15, -0.1) is 0 Å². The molecule has 0 bridgehead atoms. The lowest BCUT2D eigenvalue weighted by Gasteiger charge is -2.22. The summed E-state index contributed by atoms with van der Waals surface area (Å²) in [7, 11) is -1.98. The van der Waals surface area contributed by atoms with Crippen LogP contribution in [-0.4, -0.2) is 26.9 Å². The molecule has 0 heterocycles. The van der Waals surface area contributed by atoms with Gasteiger partial charge in [0.2, 0.25) is 0 Å². The molecule has 0 aliphatic heterocycles. The summed E-state index contributed by atoms with van der Waals surface area (Å²) >= 11 is 0. The summed E-state index contributed by atoms with van der Waals surface area (Å²) in [5.41, 5.74) is -0.690. The van der Waals surface area contributed by atoms with E-state index in [1.807, 2.05) is 0 Å². The highest BCUT2D eigenvalue weighted by Gasteiger charge is 2.25. The Hall–Kier alpha value is -1.07. The number of ether oxygens (including phenoxy) is 1. The fourth-order valence-corrected chi connectivity index (χ4v) is 2.36. The fraction of sp³-hybridized carbons (Fsp3) is 0.455. The zero-order valence-electron chi connectivity index (χ0n) is 9.81. The van der Waals surface area contributed by atoms with Crippen LogP contribution >= 0.6 is 0 Å². The van der Waals surface area contributed by atoms with E-state index >= 15 is 0 Å². The Morgan fingerprint density at radius 3 is 2.25 bits per heavy atom. The summed E-state index contributed by atoms with van der Waals surface area (Å²) in [4.78, 5) is 0.0922. The van der Waals surface area contributed by atoms with Gasteiger partial charge >= 0.3 is 0 Å². The molecule has 16 heavy (non-hydrogen) atoms. The van der Waals surface area contributed by atoms with Crippen LogP contribution in [0.1, 0.15) is 19.4 Å². The second-order valence-electron chi connectivity index (χ2n) is 4.17. The highest BCUT2D eigenvalue weighted by Crippen LogP contribution is 2.34. The summed E-state index contributed by atoms with van der Waals surface area (Å²) in [5, 5.41) is 9.92. The van der Waals surface area contributed by atoms with E-state index in [9.17, 15) is 13.5 Å². The van der Waals surface area contributed by atoms with Crippen molar-refractivity contribution in [2.24, 2.45) is 0 Å². The SMILES string of the molecule is COc1c(C(C)(C)O)cccc1S(C)(=O)=O. The standard InChI is InChI=1S/C11H16O4S/c1-11(2,12)8-6-5-7-9(10(8)15-3)16(4,13)14/h5-7,12H,1-4H3. The molecular weight excluding hydrogens is 228 g/mol. The Morgan fingerprint density at radius 1 is 1.31 bits per heavy atom. The second kappa shape index (κ2) is 4.07. The first kappa shape index (κ1) is 13.0. The van der Waals surface area contributed by atoms with Gasteiger partial charge in [0, 0.05) is 11.8 Å². The van der Waals surface area contributed by atoms with Gasteiger partial charge in [0.15, 0.2) is 9.84 Å². The molecule has 1 rings (SSSR count). The van der Waals surface area contributed by atoms with E-state index < -0.39 is 15.4 Å². The van der Waals surface area contributed by atoms with Gasteiger partial charge in [-0.1, -0.05) is 12.1 Å². The molecule has 1 N–H and O–H groups in total. The van der Waals surface area contributed by atoms with Crippen molar-refractivity contribution in [1.82, 2.24) is 0 Å². The van der Waals surface area contributed by atoms with Gasteiger partial charge in [-0.3, -0.25) is 0 Å². The molecular formula is C11H16O4S. The van der Waals surface area contributed by atoms with E-state index in [0.29, 0.717) is 5.56 Å². The van der Waals surface area contributed by atoms with E-state index in [4.69, 9.17) is 4.74 Å². The molecule has 0 radical (unpaired) electrons. The predicted octanol–water partition coefficient (Wildman–Crippen LogP) is 1.33. The number of methoxy groups -OCH3 is 1. The van der Waals surface area contributed by atoms with E-state index in [-0.39, 0.29) is 10.6 Å². The Labute approximate surface area is 95.8 Å². The van der Waals surface area contributed by atoms with Gasteiger partial charge in [-0.05, 0) is 19.9 Å². The van der Waals surface area contributed by atoms with Crippen molar-refractivity contribution in [3.05, 3.63) is 23.8 Å². The third-order valence-electron chi connectivity index (χ3n) is 2.24. The van der Waals surface area contributed by atoms with Crippen molar-refractivity contribution < 1.29 is 18.3 Å². The van der Waals surface area contributed by atoms with E-state index in [0.717, 1.165) is 6.26 Å². The number of benzene rings is 1. The summed E-state index contributed by atoms with van der Waals surface area (Å²) < 4.78 is 28.2. The molecule has 0 amide bonds. The van der Waals surface area contributed by atoms with Crippen LogP contribution < -0.4 is 4.74 Å². The van der Waals surface area contributed by atoms with Gasteiger partial charge in [0.1, 0.15) is 10.6 Å². The molecule has 0 saturated carbocycles. The molecule has 90 valence electrons. The topological polar surface area (TPSA) is 63.6 Å². The molecule has 0 unspecified atom stereocenters. The maximum Gasteiger partial charge on any atom is 0.179 e. The Balaban J connectivity index is 3.57. The van der Waals surface area contributed by atoms with Crippen molar-refractivity contribution >= 4 is 9.84 Å². The van der Waals surface area contributed by atoms with Crippen molar-refractivity contribution in [3.63, 3.8) is 0 Å². The van der Waals surface area contributed by atoms with Crippen LogP contribution in [0.5, 0.6) is 5.75 Å². The lowest BCUT2D eigenvalue weighted by Crippen LogP contribution is -2.18. The fourth-order valence-electron chi connectivity index (χ4n) is 1.50.